The fraction of sp³-hybridized carbons (Fsp3) is 0.409. The van der Waals surface area contributed by atoms with Crippen molar-refractivity contribution in [1.29, 1.82) is 0 Å². The van der Waals surface area contributed by atoms with Crippen LogP contribution in [0.3, 0.4) is 0 Å². The van der Waals surface area contributed by atoms with E-state index in [0.717, 1.165) is 41.0 Å². The second-order valence-electron chi connectivity index (χ2n) is 6.94. The number of hydrogen-bond donors (Lipinski definition) is 2. The summed E-state index contributed by atoms with van der Waals surface area (Å²) in [5.41, 5.74) is 1.85. The van der Waals surface area contributed by atoms with Gasteiger partial charge in [0.05, 0.1) is 26.7 Å². The number of aliphatic hydroxyl groups is 1. The van der Waals surface area contributed by atoms with Crippen LogP contribution < -0.4 is 14.8 Å². The number of aryl methyl sites for hydroxylation is 1. The van der Waals surface area contributed by atoms with Gasteiger partial charge in [-0.1, -0.05) is 18.2 Å². The largest absolute Gasteiger partial charge is 0.497 e. The fourth-order valence-corrected chi connectivity index (χ4v) is 3.61. The highest BCUT2D eigenvalue weighted by molar-refractivity contribution is 5.78. The zero-order chi connectivity index (χ0) is 19.3. The maximum atomic E-state index is 12.3. The molecule has 1 unspecified atom stereocenters. The lowest BCUT2D eigenvalue weighted by Crippen LogP contribution is -2.43. The lowest BCUT2D eigenvalue weighted by atomic mass is 9.79. The molecular formula is C22H27NO4. The highest BCUT2D eigenvalue weighted by Gasteiger charge is 2.34. The topological polar surface area (TPSA) is 67.8 Å². The van der Waals surface area contributed by atoms with Gasteiger partial charge in [-0.15, -0.1) is 0 Å². The third kappa shape index (κ3) is 4.61. The minimum Gasteiger partial charge on any atom is -0.497 e. The first-order chi connectivity index (χ1) is 13.0. The molecule has 0 saturated heterocycles. The molecule has 0 saturated carbocycles. The molecule has 1 aliphatic carbocycles. The first-order valence-corrected chi connectivity index (χ1v) is 9.42. The third-order valence-electron chi connectivity index (χ3n) is 5.03. The van der Waals surface area contributed by atoms with Crippen LogP contribution in [0.4, 0.5) is 0 Å². The average Bonchev–Trinajstić information content (AvgIpc) is 2.68. The molecule has 2 N–H and O–H groups in total. The minimum atomic E-state index is -1.03. The maximum absolute atomic E-state index is 12.3. The molecule has 0 aromatic heterocycles. The standard InChI is InChI=1S/C22H27NO4/c1-3-27-18-8-6-16(7-9-18)13-21(24)23-15-22(25)12-4-5-17-14-19(26-2)10-11-20(17)22/h6-11,14,25H,3-5,12-13,15H2,1-2H3,(H,23,24). The Balaban J connectivity index is 1.62. The Kier molecular flexibility index (Phi) is 6.01. The number of carbonyl (C=O) groups is 1. The Labute approximate surface area is 160 Å². The van der Waals surface area contributed by atoms with Crippen molar-refractivity contribution in [3.8, 4) is 11.5 Å². The number of methoxy groups -OCH3 is 1. The van der Waals surface area contributed by atoms with E-state index < -0.39 is 5.60 Å². The van der Waals surface area contributed by atoms with E-state index in [1.807, 2.05) is 49.4 Å². The number of fused-ring (bicyclic) bond motifs is 1. The zero-order valence-corrected chi connectivity index (χ0v) is 16.0. The van der Waals surface area contributed by atoms with E-state index >= 15 is 0 Å². The van der Waals surface area contributed by atoms with Gasteiger partial charge in [-0.05, 0) is 67.1 Å². The zero-order valence-electron chi connectivity index (χ0n) is 16.0. The van der Waals surface area contributed by atoms with E-state index in [-0.39, 0.29) is 18.9 Å². The van der Waals surface area contributed by atoms with Gasteiger partial charge in [0, 0.05) is 0 Å². The van der Waals surface area contributed by atoms with Crippen LogP contribution in [0, 0.1) is 0 Å². The highest BCUT2D eigenvalue weighted by Crippen LogP contribution is 2.36. The molecule has 0 heterocycles. The monoisotopic (exact) mass is 369 g/mol. The summed E-state index contributed by atoms with van der Waals surface area (Å²) in [6.45, 7) is 2.76. The SMILES string of the molecule is CCOc1ccc(CC(=O)NCC2(O)CCCc3cc(OC)ccc32)cc1. The van der Waals surface area contributed by atoms with Crippen molar-refractivity contribution in [2.75, 3.05) is 20.3 Å². The van der Waals surface area contributed by atoms with Crippen LogP contribution in [0.25, 0.3) is 0 Å². The van der Waals surface area contributed by atoms with E-state index in [9.17, 15) is 9.90 Å². The van der Waals surface area contributed by atoms with Crippen molar-refractivity contribution in [2.24, 2.45) is 0 Å². The second-order valence-corrected chi connectivity index (χ2v) is 6.94. The van der Waals surface area contributed by atoms with Crippen LogP contribution in [-0.2, 0) is 23.2 Å². The van der Waals surface area contributed by atoms with Gasteiger partial charge in [0.2, 0.25) is 5.91 Å². The first-order valence-electron chi connectivity index (χ1n) is 9.42. The number of ether oxygens (including phenoxy) is 2. The normalized spacial score (nSPS) is 18.5. The average molecular weight is 369 g/mol. The predicted octanol–water partition coefficient (Wildman–Crippen LogP) is 2.98. The molecule has 1 atom stereocenters. The summed E-state index contributed by atoms with van der Waals surface area (Å²) in [7, 11) is 1.64. The van der Waals surface area contributed by atoms with Gasteiger partial charge in [-0.25, -0.2) is 0 Å². The van der Waals surface area contributed by atoms with Gasteiger partial charge < -0.3 is 19.9 Å². The second kappa shape index (κ2) is 8.44. The Morgan fingerprint density at radius 3 is 2.63 bits per heavy atom. The molecule has 2 aromatic rings. The van der Waals surface area contributed by atoms with Crippen molar-refractivity contribution in [3.05, 3.63) is 59.2 Å². The molecule has 144 valence electrons. The predicted molar refractivity (Wildman–Crippen MR) is 104 cm³/mol. The van der Waals surface area contributed by atoms with Gasteiger partial charge in [0.25, 0.3) is 0 Å². The van der Waals surface area contributed by atoms with Crippen molar-refractivity contribution >= 4 is 5.91 Å². The molecule has 2 aromatic carbocycles. The first kappa shape index (κ1) is 19.2. The van der Waals surface area contributed by atoms with E-state index in [0.29, 0.717) is 13.0 Å². The van der Waals surface area contributed by atoms with Crippen molar-refractivity contribution in [3.63, 3.8) is 0 Å². The Hall–Kier alpha value is -2.53. The minimum absolute atomic E-state index is 0.103. The molecule has 5 nitrogen and oxygen atoms in total. The number of carbonyl (C=O) groups excluding carboxylic acids is 1. The molecule has 27 heavy (non-hydrogen) atoms. The number of amides is 1. The van der Waals surface area contributed by atoms with E-state index in [1.165, 1.54) is 0 Å². The number of hydrogen-bond acceptors (Lipinski definition) is 4. The molecule has 3 rings (SSSR count). The van der Waals surface area contributed by atoms with Crippen LogP contribution in [0.15, 0.2) is 42.5 Å². The Morgan fingerprint density at radius 2 is 1.93 bits per heavy atom. The van der Waals surface area contributed by atoms with Gasteiger partial charge in [-0.3, -0.25) is 4.79 Å². The van der Waals surface area contributed by atoms with E-state index in [2.05, 4.69) is 5.32 Å². The van der Waals surface area contributed by atoms with Crippen molar-refractivity contribution in [1.82, 2.24) is 5.32 Å². The van der Waals surface area contributed by atoms with Crippen LogP contribution >= 0.6 is 0 Å². The summed E-state index contributed by atoms with van der Waals surface area (Å²) in [5.74, 6) is 1.48. The smallest absolute Gasteiger partial charge is 0.224 e. The number of rotatable bonds is 7. The quantitative estimate of drug-likeness (QED) is 0.787. The Morgan fingerprint density at radius 1 is 1.19 bits per heavy atom. The summed E-state index contributed by atoms with van der Waals surface area (Å²) < 4.78 is 10.7. The third-order valence-corrected chi connectivity index (χ3v) is 5.03. The molecule has 0 spiro atoms. The fourth-order valence-electron chi connectivity index (χ4n) is 3.61. The molecule has 5 heteroatoms. The molecule has 0 bridgehead atoms. The maximum Gasteiger partial charge on any atom is 0.224 e. The lowest BCUT2D eigenvalue weighted by molar-refractivity contribution is -0.122. The summed E-state index contributed by atoms with van der Waals surface area (Å²) in [4.78, 5) is 12.3. The van der Waals surface area contributed by atoms with Crippen LogP contribution in [-0.4, -0.2) is 31.3 Å². The van der Waals surface area contributed by atoms with Crippen molar-refractivity contribution < 1.29 is 19.4 Å². The van der Waals surface area contributed by atoms with Crippen LogP contribution in [0.1, 0.15) is 36.5 Å². The van der Waals surface area contributed by atoms with Crippen LogP contribution in [0.2, 0.25) is 0 Å². The van der Waals surface area contributed by atoms with Crippen molar-refractivity contribution in [2.45, 2.75) is 38.2 Å². The van der Waals surface area contributed by atoms with E-state index in [4.69, 9.17) is 9.47 Å². The number of nitrogens with one attached hydrogen (secondary N) is 1. The summed E-state index contributed by atoms with van der Waals surface area (Å²) in [6, 6.07) is 13.3. The van der Waals surface area contributed by atoms with Crippen LogP contribution in [0.5, 0.6) is 11.5 Å². The van der Waals surface area contributed by atoms with Gasteiger partial charge >= 0.3 is 0 Å². The molecular weight excluding hydrogens is 342 g/mol. The molecule has 1 amide bonds. The molecule has 1 aliphatic rings. The molecule has 0 fully saturated rings. The molecule has 0 aliphatic heterocycles. The summed E-state index contributed by atoms with van der Waals surface area (Å²) >= 11 is 0. The van der Waals surface area contributed by atoms with Gasteiger partial charge in [-0.2, -0.15) is 0 Å². The van der Waals surface area contributed by atoms with Gasteiger partial charge in [0.1, 0.15) is 17.1 Å². The van der Waals surface area contributed by atoms with Gasteiger partial charge in [0.15, 0.2) is 0 Å². The molecule has 0 radical (unpaired) electrons. The lowest BCUT2D eigenvalue weighted by Gasteiger charge is -2.35. The summed E-state index contributed by atoms with van der Waals surface area (Å²) in [5, 5.41) is 14.0. The highest BCUT2D eigenvalue weighted by atomic mass is 16.5. The Bertz CT molecular complexity index is 787. The summed E-state index contributed by atoms with van der Waals surface area (Å²) in [6.07, 6.45) is 2.70. The number of benzene rings is 2. The van der Waals surface area contributed by atoms with E-state index in [1.54, 1.807) is 7.11 Å².